The number of hydrogen-bond acceptors (Lipinski definition) is 4. The second kappa shape index (κ2) is 8.08. The van der Waals surface area contributed by atoms with Crippen LogP contribution < -0.4 is 4.90 Å². The molecule has 2 fully saturated rings. The fraction of sp³-hybridized carbons (Fsp3) is 0.579. The van der Waals surface area contributed by atoms with Gasteiger partial charge in [0, 0.05) is 45.0 Å². The predicted molar refractivity (Wildman–Crippen MR) is 108 cm³/mol. The van der Waals surface area contributed by atoms with Gasteiger partial charge in [0.25, 0.3) is 0 Å². The number of urea groups is 1. The highest BCUT2D eigenvalue weighted by atomic mass is 32.2. The summed E-state index contributed by atoms with van der Waals surface area (Å²) in [6.45, 7) is 6.63. The number of nitrogens with zero attached hydrogens (tertiary/aromatic N) is 4. The second-order valence-corrected chi connectivity index (χ2v) is 9.63. The number of carbonyl (C=O) groups excluding carboxylic acids is 2. The van der Waals surface area contributed by atoms with E-state index in [1.807, 2.05) is 24.3 Å². The highest BCUT2D eigenvalue weighted by Crippen LogP contribution is 2.23. The zero-order valence-electron chi connectivity index (χ0n) is 16.7. The first-order valence-corrected chi connectivity index (χ1v) is 11.4. The van der Waals surface area contributed by atoms with Gasteiger partial charge in [-0.3, -0.25) is 9.69 Å². The normalized spacial score (nSPS) is 19.0. The molecule has 0 unspecified atom stereocenters. The van der Waals surface area contributed by atoms with Gasteiger partial charge in [-0.15, -0.1) is 0 Å². The van der Waals surface area contributed by atoms with Crippen LogP contribution in [0.5, 0.6) is 0 Å². The SMILES string of the molecule is CC(C)c1ccc(N2CCN(CC(=O)N3CCN(S(C)(=O)=O)CC3)C2=O)cc1. The van der Waals surface area contributed by atoms with Crippen LogP contribution >= 0.6 is 0 Å². The van der Waals surface area contributed by atoms with Gasteiger partial charge in [-0.25, -0.2) is 13.2 Å². The van der Waals surface area contributed by atoms with Crippen molar-refractivity contribution in [2.75, 3.05) is 57.0 Å². The summed E-state index contributed by atoms with van der Waals surface area (Å²) in [5, 5.41) is 0. The second-order valence-electron chi connectivity index (χ2n) is 7.64. The molecule has 0 aliphatic carbocycles. The molecule has 2 heterocycles. The van der Waals surface area contributed by atoms with Crippen molar-refractivity contribution < 1.29 is 18.0 Å². The lowest BCUT2D eigenvalue weighted by Crippen LogP contribution is -2.52. The van der Waals surface area contributed by atoms with E-state index < -0.39 is 10.0 Å². The monoisotopic (exact) mass is 408 g/mol. The van der Waals surface area contributed by atoms with Gasteiger partial charge in [-0.1, -0.05) is 26.0 Å². The van der Waals surface area contributed by atoms with Gasteiger partial charge in [0.05, 0.1) is 6.26 Å². The minimum atomic E-state index is -3.23. The third kappa shape index (κ3) is 4.47. The quantitative estimate of drug-likeness (QED) is 0.732. The summed E-state index contributed by atoms with van der Waals surface area (Å²) < 4.78 is 24.5. The molecule has 0 N–H and O–H groups in total. The van der Waals surface area contributed by atoms with Crippen molar-refractivity contribution in [3.63, 3.8) is 0 Å². The van der Waals surface area contributed by atoms with Gasteiger partial charge in [0.1, 0.15) is 6.54 Å². The van der Waals surface area contributed by atoms with E-state index in [-0.39, 0.29) is 18.5 Å². The number of carbonyl (C=O) groups is 2. The third-order valence-electron chi connectivity index (χ3n) is 5.35. The Morgan fingerprint density at radius 3 is 2.14 bits per heavy atom. The van der Waals surface area contributed by atoms with Crippen LogP contribution in [0.4, 0.5) is 10.5 Å². The summed E-state index contributed by atoms with van der Waals surface area (Å²) in [5.41, 5.74) is 2.06. The highest BCUT2D eigenvalue weighted by molar-refractivity contribution is 7.88. The minimum absolute atomic E-state index is 0.0261. The molecule has 154 valence electrons. The maximum Gasteiger partial charge on any atom is 0.325 e. The first-order valence-electron chi connectivity index (χ1n) is 9.56. The van der Waals surface area contributed by atoms with Crippen molar-refractivity contribution in [3.05, 3.63) is 29.8 Å². The molecule has 1 aromatic carbocycles. The Labute approximate surface area is 166 Å². The minimum Gasteiger partial charge on any atom is -0.339 e. The highest BCUT2D eigenvalue weighted by Gasteiger charge is 2.33. The van der Waals surface area contributed by atoms with Crippen LogP contribution in [0.3, 0.4) is 0 Å². The van der Waals surface area contributed by atoms with Crippen LogP contribution in [0, 0.1) is 0 Å². The summed E-state index contributed by atoms with van der Waals surface area (Å²) in [6.07, 6.45) is 1.18. The van der Waals surface area contributed by atoms with E-state index in [2.05, 4.69) is 13.8 Å². The molecule has 2 aliphatic heterocycles. The number of anilines is 1. The number of rotatable bonds is 5. The third-order valence-corrected chi connectivity index (χ3v) is 6.66. The molecule has 2 saturated heterocycles. The van der Waals surface area contributed by atoms with E-state index >= 15 is 0 Å². The van der Waals surface area contributed by atoms with Crippen LogP contribution in [-0.4, -0.2) is 86.5 Å². The first kappa shape index (κ1) is 20.6. The number of sulfonamides is 1. The summed E-state index contributed by atoms with van der Waals surface area (Å²) in [4.78, 5) is 30.2. The van der Waals surface area contributed by atoms with Gasteiger partial charge in [-0.05, 0) is 23.6 Å². The van der Waals surface area contributed by atoms with E-state index in [9.17, 15) is 18.0 Å². The molecule has 9 heteroatoms. The molecular weight excluding hydrogens is 380 g/mol. The molecule has 0 atom stereocenters. The van der Waals surface area contributed by atoms with Crippen molar-refractivity contribution in [2.45, 2.75) is 19.8 Å². The molecule has 8 nitrogen and oxygen atoms in total. The summed E-state index contributed by atoms with van der Waals surface area (Å²) in [5.74, 6) is 0.291. The molecule has 0 saturated carbocycles. The van der Waals surface area contributed by atoms with Crippen LogP contribution in [0.1, 0.15) is 25.3 Å². The summed E-state index contributed by atoms with van der Waals surface area (Å²) in [6, 6.07) is 7.79. The Kier molecular flexibility index (Phi) is 5.95. The van der Waals surface area contributed by atoms with E-state index in [1.165, 1.54) is 16.1 Å². The number of benzene rings is 1. The Bertz CT molecular complexity index is 830. The van der Waals surface area contributed by atoms with E-state index in [0.717, 1.165) is 5.69 Å². The molecular formula is C19H28N4O4S. The van der Waals surface area contributed by atoms with Crippen molar-refractivity contribution in [3.8, 4) is 0 Å². The molecule has 1 aromatic rings. The molecule has 0 bridgehead atoms. The molecule has 2 aliphatic rings. The first-order chi connectivity index (χ1) is 13.2. The summed E-state index contributed by atoms with van der Waals surface area (Å²) >= 11 is 0. The van der Waals surface area contributed by atoms with Gasteiger partial charge in [0.2, 0.25) is 15.9 Å². The van der Waals surface area contributed by atoms with Gasteiger partial charge in [0.15, 0.2) is 0 Å². The molecule has 3 amide bonds. The van der Waals surface area contributed by atoms with Crippen LogP contribution in [0.15, 0.2) is 24.3 Å². The van der Waals surface area contributed by atoms with Crippen molar-refractivity contribution >= 4 is 27.6 Å². The molecule has 0 spiro atoms. The van der Waals surface area contributed by atoms with Crippen LogP contribution in [0.25, 0.3) is 0 Å². The van der Waals surface area contributed by atoms with Crippen LogP contribution in [0.2, 0.25) is 0 Å². The predicted octanol–water partition coefficient (Wildman–Crippen LogP) is 1.16. The largest absolute Gasteiger partial charge is 0.339 e. The van der Waals surface area contributed by atoms with Gasteiger partial charge < -0.3 is 9.80 Å². The average molecular weight is 409 g/mol. The maximum absolute atomic E-state index is 12.7. The van der Waals surface area contributed by atoms with E-state index in [4.69, 9.17) is 0 Å². The molecule has 0 radical (unpaired) electrons. The Balaban J connectivity index is 1.56. The van der Waals surface area contributed by atoms with Crippen molar-refractivity contribution in [1.29, 1.82) is 0 Å². The molecule has 0 aromatic heterocycles. The molecule has 3 rings (SSSR count). The maximum atomic E-state index is 12.7. The Morgan fingerprint density at radius 1 is 1.00 bits per heavy atom. The zero-order valence-corrected chi connectivity index (χ0v) is 17.5. The lowest BCUT2D eigenvalue weighted by atomic mass is 10.0. The van der Waals surface area contributed by atoms with Crippen LogP contribution in [-0.2, 0) is 14.8 Å². The standard InChI is InChI=1S/C19H28N4O4S/c1-15(2)16-4-6-17(7-5-16)23-13-10-21(19(23)25)14-18(24)20-8-11-22(12-9-20)28(3,26)27/h4-7,15H,8-14H2,1-3H3. The van der Waals surface area contributed by atoms with Crippen molar-refractivity contribution in [2.24, 2.45) is 0 Å². The van der Waals surface area contributed by atoms with Gasteiger partial charge >= 0.3 is 6.03 Å². The summed E-state index contributed by atoms with van der Waals surface area (Å²) in [7, 11) is -3.23. The molecule has 28 heavy (non-hydrogen) atoms. The Morgan fingerprint density at radius 2 is 1.61 bits per heavy atom. The topological polar surface area (TPSA) is 81.2 Å². The van der Waals surface area contributed by atoms with E-state index in [0.29, 0.717) is 45.2 Å². The zero-order chi connectivity index (χ0) is 20.5. The smallest absolute Gasteiger partial charge is 0.325 e. The number of piperazine rings is 1. The fourth-order valence-corrected chi connectivity index (χ4v) is 4.37. The lowest BCUT2D eigenvalue weighted by Gasteiger charge is -2.34. The number of amides is 3. The number of hydrogen-bond donors (Lipinski definition) is 0. The fourth-order valence-electron chi connectivity index (χ4n) is 3.54. The van der Waals surface area contributed by atoms with Gasteiger partial charge in [-0.2, -0.15) is 4.31 Å². The van der Waals surface area contributed by atoms with Crippen molar-refractivity contribution in [1.82, 2.24) is 14.1 Å². The Hall–Kier alpha value is -2.13. The average Bonchev–Trinajstić information content (AvgIpc) is 3.01. The van der Waals surface area contributed by atoms with E-state index in [1.54, 1.807) is 14.7 Å². The lowest BCUT2D eigenvalue weighted by molar-refractivity contribution is -0.132.